The Morgan fingerprint density at radius 2 is 1.73 bits per heavy atom. The maximum Gasteiger partial charge on any atom is 0.150 e. The summed E-state index contributed by atoms with van der Waals surface area (Å²) in [6.07, 6.45) is 2.76. The number of nitrogens with two attached hydrogens (primary N) is 1. The fourth-order valence-corrected chi connectivity index (χ4v) is 9.41. The average Bonchev–Trinajstić information content (AvgIpc) is 3.11. The second-order valence-electron chi connectivity index (χ2n) is 12.2. The summed E-state index contributed by atoms with van der Waals surface area (Å²) < 4.78 is 0. The van der Waals surface area contributed by atoms with Gasteiger partial charge in [-0.15, -0.1) is 0 Å². The number of carbonyl (C=O) groups excluding carboxylic acids is 2. The van der Waals surface area contributed by atoms with Crippen molar-refractivity contribution < 1.29 is 30.0 Å². The third-order valence-electron chi connectivity index (χ3n) is 11.1. The van der Waals surface area contributed by atoms with Crippen molar-refractivity contribution in [2.45, 2.75) is 90.4 Å². The minimum absolute atomic E-state index is 0.00963. The lowest BCUT2D eigenvalue weighted by atomic mass is 9.40. The highest BCUT2D eigenvalue weighted by molar-refractivity contribution is 5.83. The van der Waals surface area contributed by atoms with Crippen LogP contribution in [0.1, 0.15) is 72.1 Å². The van der Waals surface area contributed by atoms with Crippen LogP contribution in [0.2, 0.25) is 0 Å². The van der Waals surface area contributed by atoms with Crippen molar-refractivity contribution >= 4 is 11.8 Å². The summed E-state index contributed by atoms with van der Waals surface area (Å²) in [6.45, 7) is 6.31. The third kappa shape index (κ3) is 3.78. The zero-order valence-electron chi connectivity index (χ0n) is 20.3. The molecule has 0 heterocycles. The van der Waals surface area contributed by atoms with E-state index in [9.17, 15) is 30.0 Å². The molecule has 0 aromatic heterocycles. The molecule has 4 aliphatic carbocycles. The first-order valence-corrected chi connectivity index (χ1v) is 12.9. The lowest BCUT2D eigenvalue weighted by molar-refractivity contribution is -0.306. The number of carbonyl (C=O) groups is 2. The topological polar surface area (TPSA) is 144 Å². The van der Waals surface area contributed by atoms with E-state index in [2.05, 4.69) is 20.8 Å². The number of carboxylic acid groups (broad SMARTS) is 1. The Hall–Kier alpha value is -1.02. The van der Waals surface area contributed by atoms with Crippen LogP contribution in [0.4, 0.5) is 0 Å². The molecule has 0 spiro atoms. The molecule has 0 aromatic carbocycles. The fraction of sp³-hybridized carbons (Fsp3) is 0.923. The monoisotopic (exact) mass is 464 g/mol. The van der Waals surface area contributed by atoms with E-state index in [1.807, 2.05) is 0 Å². The average molecular weight is 465 g/mol. The van der Waals surface area contributed by atoms with Crippen molar-refractivity contribution in [3.63, 3.8) is 0 Å². The summed E-state index contributed by atoms with van der Waals surface area (Å²) in [4.78, 5) is 24.0. The molecular weight excluding hydrogens is 422 g/mol. The van der Waals surface area contributed by atoms with Crippen LogP contribution in [0.3, 0.4) is 0 Å². The van der Waals surface area contributed by atoms with E-state index < -0.39 is 35.1 Å². The Bertz CT molecular complexity index is 774. The van der Waals surface area contributed by atoms with Gasteiger partial charge in [-0.05, 0) is 97.7 Å². The molecule has 4 aliphatic rings. The van der Waals surface area contributed by atoms with Gasteiger partial charge in [-0.3, -0.25) is 4.79 Å². The number of hydrogen-bond donors (Lipinski definition) is 4. The summed E-state index contributed by atoms with van der Waals surface area (Å²) in [5.41, 5.74) is 4.99. The van der Waals surface area contributed by atoms with Gasteiger partial charge in [-0.25, -0.2) is 0 Å². The number of rotatable bonds is 6. The predicted molar refractivity (Wildman–Crippen MR) is 120 cm³/mol. The highest BCUT2D eigenvalue weighted by Crippen LogP contribution is 2.69. The van der Waals surface area contributed by atoms with Crippen LogP contribution in [0.15, 0.2) is 0 Å². The van der Waals surface area contributed by atoms with Crippen molar-refractivity contribution in [3.05, 3.63) is 0 Å². The van der Waals surface area contributed by atoms with Crippen LogP contribution in [-0.2, 0) is 9.59 Å². The van der Waals surface area contributed by atoms with Gasteiger partial charge in [0.15, 0.2) is 0 Å². The molecular formula is C26H42NO6-. The number of Topliss-reactive ketones (excluding diaryl/α,β-unsaturated/α-hetero) is 1. The van der Waals surface area contributed by atoms with E-state index in [-0.39, 0.29) is 60.2 Å². The molecule has 5 N–H and O–H groups in total. The Morgan fingerprint density at radius 1 is 1.03 bits per heavy atom. The summed E-state index contributed by atoms with van der Waals surface area (Å²) in [7, 11) is 0. The number of aliphatic carboxylic acids is 1. The normalized spacial score (nSPS) is 50.1. The summed E-state index contributed by atoms with van der Waals surface area (Å²) in [5, 5.41) is 44.6. The van der Waals surface area contributed by atoms with E-state index >= 15 is 0 Å². The molecule has 0 aromatic rings. The summed E-state index contributed by atoms with van der Waals surface area (Å²) in [5.74, 6) is -0.974. The van der Waals surface area contributed by atoms with Gasteiger partial charge in [-0.1, -0.05) is 20.8 Å². The van der Waals surface area contributed by atoms with Gasteiger partial charge < -0.3 is 31.0 Å². The second-order valence-corrected chi connectivity index (χ2v) is 12.2. The first-order valence-electron chi connectivity index (χ1n) is 12.9. The Labute approximate surface area is 197 Å². The molecule has 0 saturated heterocycles. The van der Waals surface area contributed by atoms with E-state index in [0.717, 1.165) is 12.8 Å². The summed E-state index contributed by atoms with van der Waals surface area (Å²) >= 11 is 0. The second kappa shape index (κ2) is 8.89. The molecule has 1 unspecified atom stereocenters. The molecule has 7 heteroatoms. The summed E-state index contributed by atoms with van der Waals surface area (Å²) in [6, 6.07) is 0. The minimum Gasteiger partial charge on any atom is -0.550 e. The van der Waals surface area contributed by atoms with Crippen molar-refractivity contribution in [1.82, 2.24) is 0 Å². The molecule has 4 fully saturated rings. The van der Waals surface area contributed by atoms with Gasteiger partial charge in [-0.2, -0.15) is 0 Å². The van der Waals surface area contributed by atoms with Crippen LogP contribution < -0.4 is 10.8 Å². The standard InChI is InChI=1S/C26H43NO6/c1-13(4-7-23(32)33)16-5-6-17-24-19(11-22(31)26(16,17)3)25(2)14(9-20(24)29)8-15(28)10-18(25)21(30)12-27/h13-20,22,24,28-29,31H,4-12,27H2,1-3H3,(H,32,33)/p-1/t13-,14+,15+,16-,17+,18?,19+,20-,22+,24+,25-,26-/m1/s1. The number of aliphatic hydroxyl groups excluding tert-OH is 3. The molecule has 0 bridgehead atoms. The fourth-order valence-electron chi connectivity index (χ4n) is 9.41. The minimum atomic E-state index is -1.04. The first-order chi connectivity index (χ1) is 15.5. The zero-order chi connectivity index (χ0) is 24.3. The Kier molecular flexibility index (Phi) is 6.75. The van der Waals surface area contributed by atoms with Crippen LogP contribution in [0, 0.1) is 52.3 Å². The van der Waals surface area contributed by atoms with Gasteiger partial charge in [0.25, 0.3) is 0 Å². The van der Waals surface area contributed by atoms with Gasteiger partial charge >= 0.3 is 0 Å². The van der Waals surface area contributed by atoms with Crippen molar-refractivity contribution in [1.29, 1.82) is 0 Å². The largest absolute Gasteiger partial charge is 0.550 e. The van der Waals surface area contributed by atoms with Crippen LogP contribution >= 0.6 is 0 Å². The lowest BCUT2D eigenvalue weighted by Gasteiger charge is -2.65. The molecule has 12 atom stereocenters. The molecule has 0 amide bonds. The van der Waals surface area contributed by atoms with Crippen LogP contribution in [0.5, 0.6) is 0 Å². The molecule has 4 saturated carbocycles. The third-order valence-corrected chi connectivity index (χ3v) is 11.1. The van der Waals surface area contributed by atoms with Gasteiger partial charge in [0.2, 0.25) is 0 Å². The van der Waals surface area contributed by atoms with Crippen molar-refractivity contribution in [2.75, 3.05) is 6.54 Å². The van der Waals surface area contributed by atoms with Crippen molar-refractivity contribution in [2.24, 2.45) is 58.0 Å². The maximum absolute atomic E-state index is 13.0. The smallest absolute Gasteiger partial charge is 0.150 e. The predicted octanol–water partition coefficient (Wildman–Crippen LogP) is 0.868. The SMILES string of the molecule is C[C@H](CCC(=O)[O-])[C@H]1CC[C@H]2[C@@H]3[C@H](O)C[C@@H]4C[C@H](O)CC(C(=O)CN)[C@]4(C)[C@H]3C[C@H](O)[C@]12C. The molecule has 4 rings (SSSR count). The number of fused-ring (bicyclic) bond motifs is 5. The van der Waals surface area contributed by atoms with Crippen molar-refractivity contribution in [3.8, 4) is 0 Å². The molecule has 0 radical (unpaired) electrons. The number of hydrogen-bond acceptors (Lipinski definition) is 7. The van der Waals surface area contributed by atoms with E-state index in [4.69, 9.17) is 5.73 Å². The zero-order valence-corrected chi connectivity index (χ0v) is 20.3. The number of aliphatic hydroxyl groups is 3. The Balaban J connectivity index is 1.68. The first kappa shape index (κ1) is 25.1. The van der Waals surface area contributed by atoms with Gasteiger partial charge in [0.1, 0.15) is 5.78 Å². The Morgan fingerprint density at radius 3 is 2.36 bits per heavy atom. The van der Waals surface area contributed by atoms with Crippen LogP contribution in [-0.4, -0.2) is 51.9 Å². The lowest BCUT2D eigenvalue weighted by Crippen LogP contribution is -2.65. The maximum atomic E-state index is 13.0. The molecule has 7 nitrogen and oxygen atoms in total. The van der Waals surface area contributed by atoms with Gasteiger partial charge in [0, 0.05) is 11.9 Å². The highest BCUT2D eigenvalue weighted by atomic mass is 16.4. The highest BCUT2D eigenvalue weighted by Gasteiger charge is 2.67. The van der Waals surface area contributed by atoms with E-state index in [1.54, 1.807) is 0 Å². The quantitative estimate of drug-likeness (QED) is 0.456. The molecule has 33 heavy (non-hydrogen) atoms. The van der Waals surface area contributed by atoms with Crippen LogP contribution in [0.25, 0.3) is 0 Å². The molecule has 188 valence electrons. The van der Waals surface area contributed by atoms with E-state index in [0.29, 0.717) is 32.1 Å². The number of carboxylic acids is 1. The number of ketones is 1. The van der Waals surface area contributed by atoms with E-state index in [1.165, 1.54) is 0 Å². The van der Waals surface area contributed by atoms with Gasteiger partial charge in [0.05, 0.1) is 24.9 Å². The molecule has 0 aliphatic heterocycles.